The van der Waals surface area contributed by atoms with E-state index in [4.69, 9.17) is 12.2 Å². The Hall–Kier alpha value is -2.26. The summed E-state index contributed by atoms with van der Waals surface area (Å²) < 4.78 is 2.75. The highest BCUT2D eigenvalue weighted by atomic mass is 32.1. The van der Waals surface area contributed by atoms with Crippen molar-refractivity contribution in [2.45, 2.75) is 6.92 Å². The van der Waals surface area contributed by atoms with Crippen LogP contribution in [0.2, 0.25) is 0 Å². The van der Waals surface area contributed by atoms with Gasteiger partial charge in [0.05, 0.1) is 16.7 Å². The van der Waals surface area contributed by atoms with Crippen LogP contribution in [0.4, 0.5) is 0 Å². The third-order valence-corrected chi connectivity index (χ3v) is 4.00. The third kappa shape index (κ3) is 2.78. The molecule has 0 amide bonds. The van der Waals surface area contributed by atoms with Gasteiger partial charge in [0.2, 0.25) is 0 Å². The van der Waals surface area contributed by atoms with Crippen molar-refractivity contribution in [3.63, 3.8) is 0 Å². The minimum absolute atomic E-state index is 0.747. The van der Waals surface area contributed by atoms with Gasteiger partial charge >= 0.3 is 0 Å². The lowest BCUT2D eigenvalue weighted by Gasteiger charge is -2.07. The number of hydrogen-bond acceptors (Lipinski definition) is 2. The molecule has 0 fully saturated rings. The highest BCUT2D eigenvalue weighted by Crippen LogP contribution is 2.15. The van der Waals surface area contributed by atoms with Gasteiger partial charge in [-0.25, -0.2) is 4.98 Å². The maximum absolute atomic E-state index is 5.51. The number of rotatable bonds is 2. The molecule has 0 N–H and O–H groups in total. The molecule has 0 saturated heterocycles. The zero-order chi connectivity index (χ0) is 14.8. The molecule has 21 heavy (non-hydrogen) atoms. The van der Waals surface area contributed by atoms with Crippen LogP contribution in [0.3, 0.4) is 0 Å². The minimum atomic E-state index is 0.747. The quantitative estimate of drug-likeness (QED) is 0.632. The Labute approximate surface area is 129 Å². The first-order valence-corrected chi connectivity index (χ1v) is 7.26. The van der Waals surface area contributed by atoms with Gasteiger partial charge in [0, 0.05) is 7.05 Å². The van der Waals surface area contributed by atoms with Crippen molar-refractivity contribution in [3.8, 4) is 0 Å². The highest BCUT2D eigenvalue weighted by Gasteiger charge is 2.02. The fourth-order valence-electron chi connectivity index (χ4n) is 2.26. The van der Waals surface area contributed by atoms with Gasteiger partial charge in [-0.05, 0) is 30.7 Å². The molecule has 0 spiro atoms. The number of aryl methyl sites for hydroxylation is 2. The topological polar surface area (TPSA) is 17.8 Å². The summed E-state index contributed by atoms with van der Waals surface area (Å²) in [6, 6.07) is 16.4. The van der Waals surface area contributed by atoms with Gasteiger partial charge in [-0.3, -0.25) is 0 Å². The first-order valence-electron chi connectivity index (χ1n) is 6.86. The van der Waals surface area contributed by atoms with Gasteiger partial charge in [0.1, 0.15) is 4.64 Å². The van der Waals surface area contributed by atoms with E-state index in [1.807, 2.05) is 48.0 Å². The summed E-state index contributed by atoms with van der Waals surface area (Å²) in [5.41, 5.74) is 5.23. The zero-order valence-electron chi connectivity index (χ0n) is 12.1. The van der Waals surface area contributed by atoms with Crippen molar-refractivity contribution in [2.75, 3.05) is 0 Å². The molecule has 2 nitrogen and oxygen atoms in total. The van der Waals surface area contributed by atoms with Gasteiger partial charge in [-0.15, -0.1) is 0 Å². The van der Waals surface area contributed by atoms with E-state index < -0.39 is 0 Å². The van der Waals surface area contributed by atoms with Crippen molar-refractivity contribution in [1.29, 1.82) is 0 Å². The number of hydrogen-bond donors (Lipinski definition) is 0. The van der Waals surface area contributed by atoms with E-state index in [0.717, 1.165) is 26.9 Å². The minimum Gasteiger partial charge on any atom is -0.332 e. The van der Waals surface area contributed by atoms with Crippen molar-refractivity contribution < 1.29 is 0 Å². The second-order valence-corrected chi connectivity index (χ2v) is 5.48. The van der Waals surface area contributed by atoms with Gasteiger partial charge in [-0.2, -0.15) is 0 Å². The van der Waals surface area contributed by atoms with Crippen LogP contribution in [0, 0.1) is 11.6 Å². The van der Waals surface area contributed by atoms with Gasteiger partial charge in [0.25, 0.3) is 0 Å². The summed E-state index contributed by atoms with van der Waals surface area (Å²) in [5, 5.41) is 0. The average Bonchev–Trinajstić information content (AvgIpc) is 2.51. The lowest BCUT2D eigenvalue weighted by molar-refractivity contribution is 0.917. The molecular weight excluding hydrogens is 276 g/mol. The molecule has 3 rings (SSSR count). The largest absolute Gasteiger partial charge is 0.332 e. The standard InChI is InChI=1S/C18H16N2S/c1-13-7-9-14(10-8-13)11-12-16-18(21)20(2)17-6-4-3-5-15(17)19-16/h3-12H,1-2H3/b12-11+. The summed E-state index contributed by atoms with van der Waals surface area (Å²) in [6.07, 6.45) is 4.03. The molecule has 3 aromatic rings. The Morgan fingerprint density at radius 3 is 2.48 bits per heavy atom. The molecule has 0 saturated carbocycles. The number of para-hydroxylation sites is 2. The van der Waals surface area contributed by atoms with Gasteiger partial charge in [-0.1, -0.05) is 60.3 Å². The van der Waals surface area contributed by atoms with Crippen LogP contribution >= 0.6 is 12.2 Å². The van der Waals surface area contributed by atoms with Crippen LogP contribution < -0.4 is 0 Å². The molecule has 0 bridgehead atoms. The first-order chi connectivity index (χ1) is 10.1. The van der Waals surface area contributed by atoms with Crippen LogP contribution in [0.5, 0.6) is 0 Å². The number of nitrogens with zero attached hydrogens (tertiary/aromatic N) is 2. The molecular formula is C18H16N2S. The number of benzene rings is 2. The van der Waals surface area contributed by atoms with E-state index in [2.05, 4.69) is 36.2 Å². The SMILES string of the molecule is Cc1ccc(/C=C/c2nc3ccccc3n(C)c2=S)cc1. The van der Waals surface area contributed by atoms with Crippen LogP contribution in [-0.4, -0.2) is 9.55 Å². The lowest BCUT2D eigenvalue weighted by Crippen LogP contribution is -1.99. The Kier molecular flexibility index (Phi) is 3.67. The molecule has 0 aliphatic rings. The lowest BCUT2D eigenvalue weighted by atomic mass is 10.1. The predicted molar refractivity (Wildman–Crippen MR) is 91.7 cm³/mol. The fraction of sp³-hybridized carbons (Fsp3) is 0.111. The number of fused-ring (bicyclic) bond motifs is 1. The molecule has 0 aliphatic heterocycles. The Bertz CT molecular complexity index is 874. The Morgan fingerprint density at radius 1 is 1.00 bits per heavy atom. The molecule has 1 heterocycles. The van der Waals surface area contributed by atoms with E-state index in [-0.39, 0.29) is 0 Å². The van der Waals surface area contributed by atoms with E-state index in [9.17, 15) is 0 Å². The van der Waals surface area contributed by atoms with Crippen molar-refractivity contribution in [3.05, 3.63) is 70.0 Å². The smallest absolute Gasteiger partial charge is 0.132 e. The van der Waals surface area contributed by atoms with Crippen molar-refractivity contribution in [2.24, 2.45) is 7.05 Å². The van der Waals surface area contributed by atoms with Crippen molar-refractivity contribution in [1.82, 2.24) is 9.55 Å². The van der Waals surface area contributed by atoms with Gasteiger partial charge in [0.15, 0.2) is 0 Å². The fourth-order valence-corrected chi connectivity index (χ4v) is 2.47. The molecule has 0 radical (unpaired) electrons. The summed E-state index contributed by atoms with van der Waals surface area (Å²) in [5.74, 6) is 0. The average molecular weight is 292 g/mol. The zero-order valence-corrected chi connectivity index (χ0v) is 12.9. The maximum atomic E-state index is 5.51. The summed E-state index contributed by atoms with van der Waals surface area (Å²) >= 11 is 5.51. The van der Waals surface area contributed by atoms with Crippen LogP contribution in [-0.2, 0) is 7.05 Å². The normalized spacial score (nSPS) is 11.3. The molecule has 0 atom stereocenters. The molecule has 3 heteroatoms. The Morgan fingerprint density at radius 2 is 1.71 bits per heavy atom. The van der Waals surface area contributed by atoms with E-state index in [0.29, 0.717) is 0 Å². The predicted octanol–water partition coefficient (Wildman–Crippen LogP) is 4.78. The Balaban J connectivity index is 2.06. The molecule has 1 aromatic heterocycles. The summed E-state index contributed by atoms with van der Waals surface area (Å²) in [6.45, 7) is 2.08. The molecule has 104 valence electrons. The number of aromatic nitrogens is 2. The first kappa shape index (κ1) is 13.7. The second-order valence-electron chi connectivity index (χ2n) is 5.09. The van der Waals surface area contributed by atoms with E-state index >= 15 is 0 Å². The highest BCUT2D eigenvalue weighted by molar-refractivity contribution is 7.71. The summed E-state index contributed by atoms with van der Waals surface area (Å²) in [7, 11) is 1.98. The van der Waals surface area contributed by atoms with E-state index in [1.54, 1.807) is 0 Å². The maximum Gasteiger partial charge on any atom is 0.132 e. The van der Waals surface area contributed by atoms with E-state index in [1.165, 1.54) is 5.56 Å². The monoisotopic (exact) mass is 292 g/mol. The summed E-state index contributed by atoms with van der Waals surface area (Å²) in [4.78, 5) is 4.66. The molecule has 2 aromatic carbocycles. The molecule has 0 aliphatic carbocycles. The van der Waals surface area contributed by atoms with Crippen LogP contribution in [0.15, 0.2) is 48.5 Å². The van der Waals surface area contributed by atoms with Crippen LogP contribution in [0.1, 0.15) is 16.8 Å². The van der Waals surface area contributed by atoms with Gasteiger partial charge < -0.3 is 4.57 Å². The second kappa shape index (κ2) is 5.62. The molecule has 0 unspecified atom stereocenters. The third-order valence-electron chi connectivity index (χ3n) is 3.52. The van der Waals surface area contributed by atoms with Crippen molar-refractivity contribution >= 4 is 35.4 Å². The van der Waals surface area contributed by atoms with Crippen LogP contribution in [0.25, 0.3) is 23.2 Å².